The van der Waals surface area contributed by atoms with E-state index in [4.69, 9.17) is 0 Å². The molecule has 0 N–H and O–H groups in total. The molecule has 0 atom stereocenters. The van der Waals surface area contributed by atoms with Gasteiger partial charge in [0, 0.05) is 0 Å². The average molecular weight is 398 g/mol. The van der Waals surface area contributed by atoms with Gasteiger partial charge in [-0.3, -0.25) is 0 Å². The van der Waals surface area contributed by atoms with Crippen molar-refractivity contribution in [2.45, 2.75) is 12.8 Å². The zero-order chi connectivity index (χ0) is 15.3. The van der Waals surface area contributed by atoms with Crippen molar-refractivity contribution in [3.8, 4) is 0 Å². The van der Waals surface area contributed by atoms with Crippen molar-refractivity contribution in [3.63, 3.8) is 0 Å². The molecule has 0 nitrogen and oxygen atoms in total. The predicted molar refractivity (Wildman–Crippen MR) is 95.5 cm³/mol. The summed E-state index contributed by atoms with van der Waals surface area (Å²) in [5, 5.41) is 0. The monoisotopic (exact) mass is 398 g/mol. The van der Waals surface area contributed by atoms with Crippen LogP contribution in [0, 0.1) is 0 Å². The van der Waals surface area contributed by atoms with Gasteiger partial charge in [0.25, 0.3) is 0 Å². The van der Waals surface area contributed by atoms with E-state index in [1.54, 1.807) is 0 Å². The summed E-state index contributed by atoms with van der Waals surface area (Å²) in [6.07, 6.45) is 2.33. The zero-order valence-corrected chi connectivity index (χ0v) is 15.7. The van der Waals surface area contributed by atoms with E-state index in [1.807, 2.05) is 60.7 Å². The van der Waals surface area contributed by atoms with E-state index in [-0.39, 0.29) is 34.1 Å². The van der Waals surface area contributed by atoms with Crippen LogP contribution < -0.4 is 0 Å². The third-order valence-electron chi connectivity index (χ3n) is 3.28. The second-order valence-electron chi connectivity index (χ2n) is 5.01. The average Bonchev–Trinajstić information content (AvgIpc) is 3.41. The van der Waals surface area contributed by atoms with Crippen LogP contribution in [0.3, 0.4) is 0 Å². The van der Waals surface area contributed by atoms with Gasteiger partial charge in [0.1, 0.15) is 0 Å². The Hall–Kier alpha value is -1.56. The molecule has 0 bridgehead atoms. The Kier molecular flexibility index (Phi) is 14.0. The van der Waals surface area contributed by atoms with Crippen molar-refractivity contribution >= 4 is 0 Å². The van der Waals surface area contributed by atoms with Crippen molar-refractivity contribution in [1.82, 2.24) is 0 Å². The predicted octanol–water partition coefficient (Wildman–Crippen LogP) is 5.72. The summed E-state index contributed by atoms with van der Waals surface area (Å²) < 4.78 is 0. The van der Waals surface area contributed by atoms with Crippen LogP contribution in [0.5, 0.6) is 0 Å². The second kappa shape index (κ2) is 15.0. The minimum atomic E-state index is 0. The molecule has 0 aliphatic rings. The summed E-state index contributed by atoms with van der Waals surface area (Å²) in [6.45, 7) is 0. The van der Waals surface area contributed by atoms with Gasteiger partial charge in [-0.1, -0.05) is 12.8 Å². The summed E-state index contributed by atoms with van der Waals surface area (Å²) in [4.78, 5) is 0. The fourth-order valence-electron chi connectivity index (χ4n) is 2.09. The van der Waals surface area contributed by atoms with Crippen LogP contribution in [0.2, 0.25) is 0 Å². The van der Waals surface area contributed by atoms with Gasteiger partial charge in [-0.2, -0.15) is 71.8 Å². The van der Waals surface area contributed by atoms with Crippen LogP contribution in [0.1, 0.15) is 11.1 Å². The number of aryl methyl sites for hydroxylation is 2. The van der Waals surface area contributed by atoms with Crippen LogP contribution >= 0.6 is 0 Å². The first-order valence-corrected chi connectivity index (χ1v) is 7.70. The Bertz CT molecular complexity index is 532. The molecular weight excluding hydrogens is 376 g/mol. The van der Waals surface area contributed by atoms with Gasteiger partial charge in [-0.15, -0.1) is 0 Å². The first kappa shape index (κ1) is 22.4. The van der Waals surface area contributed by atoms with Gasteiger partial charge in [0.2, 0.25) is 0 Å². The van der Waals surface area contributed by atoms with Gasteiger partial charge in [0.15, 0.2) is 0 Å². The molecule has 0 aliphatic carbocycles. The normalized spacial score (nSPS) is 8.50. The molecule has 0 saturated carbocycles. The molecule has 0 saturated heterocycles. The van der Waals surface area contributed by atoms with Crippen molar-refractivity contribution in [1.29, 1.82) is 0 Å². The van der Waals surface area contributed by atoms with Crippen molar-refractivity contribution < 1.29 is 34.1 Å². The molecule has 0 spiro atoms. The molecule has 0 aliphatic heterocycles. The minimum absolute atomic E-state index is 0. The van der Waals surface area contributed by atoms with Crippen molar-refractivity contribution in [2.75, 3.05) is 0 Å². The minimum Gasteiger partial charge on any atom is -0.214 e. The molecule has 0 radical (unpaired) electrons. The van der Waals surface area contributed by atoms with Gasteiger partial charge in [-0.25, -0.2) is 48.5 Å². The number of hydrogen-bond donors (Lipinski definition) is 0. The van der Waals surface area contributed by atoms with E-state index in [2.05, 4.69) is 48.5 Å². The summed E-state index contributed by atoms with van der Waals surface area (Å²) in [6, 6.07) is 37.1. The second-order valence-corrected chi connectivity index (χ2v) is 5.01. The van der Waals surface area contributed by atoms with E-state index in [9.17, 15) is 0 Å². The van der Waals surface area contributed by atoms with Crippen molar-refractivity contribution in [3.05, 3.63) is 120 Å². The molecule has 4 rings (SSSR count). The van der Waals surface area contributed by atoms with E-state index < -0.39 is 0 Å². The van der Waals surface area contributed by atoms with Crippen LogP contribution in [-0.4, -0.2) is 0 Å². The maximum atomic E-state index is 2.18. The molecule has 0 heterocycles. The molecule has 4 aromatic carbocycles. The van der Waals surface area contributed by atoms with E-state index in [0.717, 1.165) is 12.8 Å². The maximum Gasteiger partial charge on any atom is 2.00 e. The fraction of sp³-hybridized carbons (Fsp3) is 0.0909. The van der Waals surface area contributed by atoms with Gasteiger partial charge < -0.3 is 0 Å². The first-order chi connectivity index (χ1) is 10.9. The number of hydrogen-bond acceptors (Lipinski definition) is 0. The summed E-state index contributed by atoms with van der Waals surface area (Å²) >= 11 is 0. The van der Waals surface area contributed by atoms with Gasteiger partial charge in [0.05, 0.1) is 0 Å². The van der Waals surface area contributed by atoms with E-state index in [1.165, 1.54) is 11.1 Å². The molecule has 126 valence electrons. The molecule has 0 fully saturated rings. The molecule has 0 aromatic heterocycles. The largest absolute Gasteiger partial charge is 2.00 e. The topological polar surface area (TPSA) is 0 Å². The zero-order valence-electron chi connectivity index (χ0n) is 13.5. The maximum absolute atomic E-state index is 2.18. The van der Waals surface area contributed by atoms with Crippen molar-refractivity contribution in [2.24, 2.45) is 0 Å². The van der Waals surface area contributed by atoms with Crippen LogP contribution in [0.4, 0.5) is 0 Å². The van der Waals surface area contributed by atoms with E-state index >= 15 is 0 Å². The van der Waals surface area contributed by atoms with Gasteiger partial charge >= 0.3 is 34.1 Å². The first-order valence-electron chi connectivity index (χ1n) is 7.70. The molecule has 4 aromatic rings. The summed E-state index contributed by atoms with van der Waals surface area (Å²) in [7, 11) is 0. The fourth-order valence-corrected chi connectivity index (χ4v) is 2.09. The van der Waals surface area contributed by atoms with Crippen LogP contribution in [0.15, 0.2) is 109 Å². The standard InChI is InChI=1S/C12H12.2C5H5.2Fe/c1-2-6-11(5-1)9-10-12-7-3-4-8-12;2*1-2-4-5-3-1;;/h1-8H,9-10H2;2*1-5H;;/q-2;2*-1;2*+2. The smallest absolute Gasteiger partial charge is 0.214 e. The Morgan fingerprint density at radius 1 is 0.458 bits per heavy atom. The molecular formula is C22H22Fe2. The van der Waals surface area contributed by atoms with Crippen LogP contribution in [0.25, 0.3) is 0 Å². The van der Waals surface area contributed by atoms with E-state index in [0.29, 0.717) is 0 Å². The Balaban J connectivity index is 0.000000370. The Morgan fingerprint density at radius 3 is 0.958 bits per heavy atom. The molecule has 0 unspecified atom stereocenters. The SMILES string of the molecule is [Fe+2].[Fe+2].c1cc[c-](CC[c-]2cccc2)c1.c1cc[cH-]c1.c1cc[cH-]c1. The third-order valence-corrected chi connectivity index (χ3v) is 3.28. The molecule has 2 heteroatoms. The quantitative estimate of drug-likeness (QED) is 0.306. The summed E-state index contributed by atoms with van der Waals surface area (Å²) in [5.41, 5.74) is 2.88. The third kappa shape index (κ3) is 10.3. The molecule has 24 heavy (non-hydrogen) atoms. The number of rotatable bonds is 3. The van der Waals surface area contributed by atoms with Crippen LogP contribution in [-0.2, 0) is 47.0 Å². The molecule has 0 amide bonds. The van der Waals surface area contributed by atoms with Gasteiger partial charge in [-0.05, 0) is 0 Å². The Labute approximate surface area is 166 Å². The summed E-state index contributed by atoms with van der Waals surface area (Å²) in [5.74, 6) is 0. The Morgan fingerprint density at radius 2 is 0.750 bits per heavy atom.